The molecule has 94 valence electrons. The summed E-state index contributed by atoms with van der Waals surface area (Å²) in [4.78, 5) is 8.88. The molecule has 0 spiro atoms. The van der Waals surface area contributed by atoms with Crippen LogP contribution in [0.1, 0.15) is 30.4 Å². The highest BCUT2D eigenvalue weighted by molar-refractivity contribution is 5.19. The van der Waals surface area contributed by atoms with Gasteiger partial charge in [0.2, 0.25) is 0 Å². The Morgan fingerprint density at radius 1 is 1.17 bits per heavy atom. The summed E-state index contributed by atoms with van der Waals surface area (Å²) in [6.07, 6.45) is 4.39. The van der Waals surface area contributed by atoms with Gasteiger partial charge in [-0.25, -0.2) is 9.97 Å². The Kier molecular flexibility index (Phi) is 4.42. The fourth-order valence-corrected chi connectivity index (χ4v) is 1.83. The zero-order valence-electron chi connectivity index (χ0n) is 10.7. The van der Waals surface area contributed by atoms with E-state index in [1.54, 1.807) is 0 Å². The lowest BCUT2D eigenvalue weighted by molar-refractivity contribution is 0.633. The molecule has 1 aromatic carbocycles. The third-order valence-electron chi connectivity index (χ3n) is 2.96. The summed E-state index contributed by atoms with van der Waals surface area (Å²) in [7, 11) is 0. The summed E-state index contributed by atoms with van der Waals surface area (Å²) < 4.78 is 0. The van der Waals surface area contributed by atoms with Crippen molar-refractivity contribution >= 4 is 0 Å². The Labute approximate surface area is 108 Å². The lowest BCUT2D eigenvalue weighted by atomic mass is 10.1. The zero-order valence-corrected chi connectivity index (χ0v) is 10.7. The summed E-state index contributed by atoms with van der Waals surface area (Å²) in [6, 6.07) is 12.4. The number of hydrogen-bond donors (Lipinski definition) is 1. The largest absolute Gasteiger partial charge is 0.327 e. The van der Waals surface area contributed by atoms with Gasteiger partial charge in [-0.15, -0.1) is 0 Å². The van der Waals surface area contributed by atoms with E-state index in [9.17, 15) is 0 Å². The first-order valence-corrected chi connectivity index (χ1v) is 6.38. The zero-order chi connectivity index (χ0) is 12.8. The second kappa shape index (κ2) is 6.26. The quantitative estimate of drug-likeness (QED) is 0.874. The maximum Gasteiger partial charge on any atom is 0.132 e. The number of rotatable bonds is 5. The molecule has 0 radical (unpaired) electrons. The SMILES string of the molecule is CCC(N)Cc1ccnc(Cc2ccccc2)n1. The average molecular weight is 241 g/mol. The van der Waals surface area contributed by atoms with Gasteiger partial charge in [-0.3, -0.25) is 0 Å². The standard InChI is InChI=1S/C15H19N3/c1-2-13(16)11-14-8-9-17-15(18-14)10-12-6-4-3-5-7-12/h3-9,13H,2,10-11,16H2,1H3. The lowest BCUT2D eigenvalue weighted by Gasteiger charge is -2.08. The molecule has 2 aromatic rings. The van der Waals surface area contributed by atoms with Gasteiger partial charge in [0.05, 0.1) is 0 Å². The van der Waals surface area contributed by atoms with Crippen LogP contribution in [0.15, 0.2) is 42.6 Å². The highest BCUT2D eigenvalue weighted by Gasteiger charge is 2.05. The molecule has 3 heteroatoms. The molecule has 0 aliphatic rings. The Morgan fingerprint density at radius 2 is 1.94 bits per heavy atom. The molecule has 0 amide bonds. The molecule has 1 aromatic heterocycles. The lowest BCUT2D eigenvalue weighted by Crippen LogP contribution is -2.22. The molecule has 2 rings (SSSR count). The first-order chi connectivity index (χ1) is 8.78. The molecule has 3 nitrogen and oxygen atoms in total. The van der Waals surface area contributed by atoms with Crippen LogP contribution >= 0.6 is 0 Å². The van der Waals surface area contributed by atoms with Crippen molar-refractivity contribution < 1.29 is 0 Å². The fourth-order valence-electron chi connectivity index (χ4n) is 1.83. The van der Waals surface area contributed by atoms with Crippen LogP contribution in [0.3, 0.4) is 0 Å². The summed E-state index contributed by atoms with van der Waals surface area (Å²) in [5.41, 5.74) is 8.21. The number of nitrogens with two attached hydrogens (primary N) is 1. The molecule has 1 heterocycles. The van der Waals surface area contributed by atoms with E-state index < -0.39 is 0 Å². The molecule has 0 saturated heterocycles. The van der Waals surface area contributed by atoms with E-state index in [-0.39, 0.29) is 6.04 Å². The summed E-state index contributed by atoms with van der Waals surface area (Å²) in [5.74, 6) is 0.863. The van der Waals surface area contributed by atoms with E-state index in [1.165, 1.54) is 5.56 Å². The summed E-state index contributed by atoms with van der Waals surface area (Å²) >= 11 is 0. The number of hydrogen-bond acceptors (Lipinski definition) is 3. The van der Waals surface area contributed by atoms with E-state index in [2.05, 4.69) is 29.0 Å². The Hall–Kier alpha value is -1.74. The molecule has 1 atom stereocenters. The molecule has 0 saturated carbocycles. The minimum Gasteiger partial charge on any atom is -0.327 e. The average Bonchev–Trinajstić information content (AvgIpc) is 2.40. The van der Waals surface area contributed by atoms with Crippen molar-refractivity contribution in [1.29, 1.82) is 0 Å². The third-order valence-corrected chi connectivity index (χ3v) is 2.96. The first kappa shape index (κ1) is 12.7. The molecule has 1 unspecified atom stereocenters. The number of aromatic nitrogens is 2. The third kappa shape index (κ3) is 3.64. The van der Waals surface area contributed by atoms with Gasteiger partial charge in [0.1, 0.15) is 5.82 Å². The first-order valence-electron chi connectivity index (χ1n) is 6.38. The van der Waals surface area contributed by atoms with Crippen LogP contribution in [0.5, 0.6) is 0 Å². The Morgan fingerprint density at radius 3 is 2.67 bits per heavy atom. The van der Waals surface area contributed by atoms with Gasteiger partial charge in [0.25, 0.3) is 0 Å². The van der Waals surface area contributed by atoms with Gasteiger partial charge in [-0.2, -0.15) is 0 Å². The second-order valence-electron chi connectivity index (χ2n) is 4.50. The van der Waals surface area contributed by atoms with Gasteiger partial charge in [-0.05, 0) is 18.1 Å². The van der Waals surface area contributed by atoms with E-state index in [4.69, 9.17) is 5.73 Å². The highest BCUT2D eigenvalue weighted by Crippen LogP contribution is 2.07. The second-order valence-corrected chi connectivity index (χ2v) is 4.50. The normalized spacial score (nSPS) is 12.3. The van der Waals surface area contributed by atoms with Crippen molar-refractivity contribution in [3.05, 3.63) is 59.7 Å². The molecule has 0 aliphatic carbocycles. The van der Waals surface area contributed by atoms with Gasteiger partial charge in [0.15, 0.2) is 0 Å². The van der Waals surface area contributed by atoms with Crippen molar-refractivity contribution in [2.45, 2.75) is 32.2 Å². The van der Waals surface area contributed by atoms with Crippen molar-refractivity contribution in [3.8, 4) is 0 Å². The van der Waals surface area contributed by atoms with Crippen LogP contribution in [0.4, 0.5) is 0 Å². The predicted octanol–water partition coefficient (Wildman–Crippen LogP) is 2.35. The minimum atomic E-state index is 0.185. The van der Waals surface area contributed by atoms with E-state index in [0.717, 1.165) is 30.8 Å². The van der Waals surface area contributed by atoms with Gasteiger partial charge < -0.3 is 5.73 Å². The van der Waals surface area contributed by atoms with E-state index >= 15 is 0 Å². The highest BCUT2D eigenvalue weighted by atomic mass is 14.9. The molecular formula is C15H19N3. The fraction of sp³-hybridized carbons (Fsp3) is 0.333. The summed E-state index contributed by atoms with van der Waals surface area (Å²) in [6.45, 7) is 2.09. The Bertz CT molecular complexity index is 482. The van der Waals surface area contributed by atoms with Gasteiger partial charge in [0, 0.05) is 30.8 Å². The van der Waals surface area contributed by atoms with Crippen molar-refractivity contribution in [2.75, 3.05) is 0 Å². The minimum absolute atomic E-state index is 0.185. The predicted molar refractivity (Wildman–Crippen MR) is 73.3 cm³/mol. The molecule has 0 aliphatic heterocycles. The van der Waals surface area contributed by atoms with Crippen LogP contribution in [0, 0.1) is 0 Å². The monoisotopic (exact) mass is 241 g/mol. The molecular weight excluding hydrogens is 222 g/mol. The maximum absolute atomic E-state index is 5.95. The van der Waals surface area contributed by atoms with Crippen LogP contribution < -0.4 is 5.73 Å². The van der Waals surface area contributed by atoms with Gasteiger partial charge in [-0.1, -0.05) is 37.3 Å². The number of benzene rings is 1. The van der Waals surface area contributed by atoms with Gasteiger partial charge >= 0.3 is 0 Å². The van der Waals surface area contributed by atoms with Crippen LogP contribution in [-0.2, 0) is 12.8 Å². The van der Waals surface area contributed by atoms with Crippen LogP contribution in [0.25, 0.3) is 0 Å². The molecule has 0 fully saturated rings. The van der Waals surface area contributed by atoms with Crippen molar-refractivity contribution in [3.63, 3.8) is 0 Å². The number of nitrogens with zero attached hydrogens (tertiary/aromatic N) is 2. The summed E-state index contributed by atoms with van der Waals surface area (Å²) in [5, 5.41) is 0. The van der Waals surface area contributed by atoms with Crippen molar-refractivity contribution in [2.24, 2.45) is 5.73 Å². The van der Waals surface area contributed by atoms with Crippen LogP contribution in [0.2, 0.25) is 0 Å². The van der Waals surface area contributed by atoms with Crippen LogP contribution in [-0.4, -0.2) is 16.0 Å². The molecule has 18 heavy (non-hydrogen) atoms. The van der Waals surface area contributed by atoms with Crippen molar-refractivity contribution in [1.82, 2.24) is 9.97 Å². The van der Waals surface area contributed by atoms with E-state index in [1.807, 2.05) is 30.5 Å². The topological polar surface area (TPSA) is 51.8 Å². The molecule has 0 bridgehead atoms. The smallest absolute Gasteiger partial charge is 0.132 e. The maximum atomic E-state index is 5.95. The molecule has 2 N–H and O–H groups in total. The van der Waals surface area contributed by atoms with E-state index in [0.29, 0.717) is 0 Å². The Balaban J connectivity index is 2.08.